The van der Waals surface area contributed by atoms with Crippen molar-refractivity contribution in [2.24, 2.45) is 0 Å². The van der Waals surface area contributed by atoms with Crippen LogP contribution in [0.15, 0.2) is 43.5 Å². The van der Waals surface area contributed by atoms with Crippen molar-refractivity contribution in [3.05, 3.63) is 49.0 Å². The Morgan fingerprint density at radius 1 is 1.20 bits per heavy atom. The molecule has 2 aromatic rings. The first-order valence-electron chi connectivity index (χ1n) is 5.99. The standard InChI is InChI=1S/C13H11Br2NO2S2/c14-10-1-2-13(11(15)7-10)20(17,18)16-5-3-12-9(8-16)4-6-19-12/h1-2,4,6-7H,3,5,8H2. The van der Waals surface area contributed by atoms with Gasteiger partial charge in [-0.15, -0.1) is 11.3 Å². The van der Waals surface area contributed by atoms with Crippen molar-refractivity contribution in [2.45, 2.75) is 17.9 Å². The summed E-state index contributed by atoms with van der Waals surface area (Å²) in [6, 6.07) is 7.15. The van der Waals surface area contributed by atoms with Crippen molar-refractivity contribution in [3.8, 4) is 0 Å². The molecule has 7 heteroatoms. The van der Waals surface area contributed by atoms with E-state index in [0.717, 1.165) is 16.5 Å². The molecule has 2 heterocycles. The van der Waals surface area contributed by atoms with E-state index in [0.29, 0.717) is 22.5 Å². The highest BCUT2D eigenvalue weighted by molar-refractivity contribution is 9.11. The monoisotopic (exact) mass is 435 g/mol. The van der Waals surface area contributed by atoms with Crippen LogP contribution in [0.3, 0.4) is 0 Å². The van der Waals surface area contributed by atoms with Gasteiger partial charge in [0.05, 0.1) is 4.90 Å². The van der Waals surface area contributed by atoms with Gasteiger partial charge in [0, 0.05) is 26.9 Å². The van der Waals surface area contributed by atoms with Gasteiger partial charge in [-0.3, -0.25) is 0 Å². The van der Waals surface area contributed by atoms with Crippen LogP contribution in [0.2, 0.25) is 0 Å². The first-order valence-corrected chi connectivity index (χ1v) is 9.89. The third-order valence-corrected chi connectivity index (χ3v) is 7.62. The molecule has 0 spiro atoms. The Kier molecular flexibility index (Phi) is 4.07. The average Bonchev–Trinajstić information content (AvgIpc) is 2.85. The maximum absolute atomic E-state index is 12.7. The zero-order valence-corrected chi connectivity index (χ0v) is 15.1. The van der Waals surface area contributed by atoms with Gasteiger partial charge in [0.25, 0.3) is 0 Å². The van der Waals surface area contributed by atoms with E-state index in [1.54, 1.807) is 33.8 Å². The highest BCUT2D eigenvalue weighted by atomic mass is 79.9. The SMILES string of the molecule is O=S(=O)(c1ccc(Br)cc1Br)N1CCc2sccc2C1. The largest absolute Gasteiger partial charge is 0.244 e. The second kappa shape index (κ2) is 5.53. The Morgan fingerprint density at radius 2 is 2.00 bits per heavy atom. The summed E-state index contributed by atoms with van der Waals surface area (Å²) in [5, 5.41) is 2.02. The van der Waals surface area contributed by atoms with Crippen molar-refractivity contribution in [3.63, 3.8) is 0 Å². The van der Waals surface area contributed by atoms with Crippen LogP contribution in [0, 0.1) is 0 Å². The Morgan fingerprint density at radius 3 is 2.75 bits per heavy atom. The number of benzene rings is 1. The number of sulfonamides is 1. The minimum atomic E-state index is -3.46. The van der Waals surface area contributed by atoms with Crippen LogP contribution in [0.1, 0.15) is 10.4 Å². The van der Waals surface area contributed by atoms with Gasteiger partial charge in [-0.1, -0.05) is 15.9 Å². The van der Waals surface area contributed by atoms with E-state index in [2.05, 4.69) is 31.9 Å². The van der Waals surface area contributed by atoms with E-state index in [9.17, 15) is 8.42 Å². The summed E-state index contributed by atoms with van der Waals surface area (Å²) >= 11 is 8.38. The molecule has 1 aromatic carbocycles. The van der Waals surface area contributed by atoms with Crippen LogP contribution in [-0.4, -0.2) is 19.3 Å². The predicted molar refractivity (Wildman–Crippen MR) is 87.5 cm³/mol. The van der Waals surface area contributed by atoms with Crippen LogP contribution in [0.5, 0.6) is 0 Å². The summed E-state index contributed by atoms with van der Waals surface area (Å²) in [5.41, 5.74) is 1.12. The minimum absolute atomic E-state index is 0.319. The first-order chi connectivity index (χ1) is 9.48. The molecule has 0 amide bonds. The van der Waals surface area contributed by atoms with Crippen molar-refractivity contribution in [1.82, 2.24) is 4.31 Å². The molecule has 0 fully saturated rings. The normalized spacial score (nSPS) is 16.1. The van der Waals surface area contributed by atoms with E-state index in [4.69, 9.17) is 0 Å². The number of thiophene rings is 1. The molecule has 20 heavy (non-hydrogen) atoms. The van der Waals surface area contributed by atoms with Gasteiger partial charge in [-0.25, -0.2) is 8.42 Å². The molecule has 0 atom stereocenters. The molecule has 0 saturated heterocycles. The second-order valence-corrected chi connectivity index (χ2v) is 9.21. The minimum Gasteiger partial charge on any atom is -0.207 e. The second-order valence-electron chi connectivity index (χ2n) is 4.53. The quantitative estimate of drug-likeness (QED) is 0.712. The van der Waals surface area contributed by atoms with Crippen LogP contribution in [0.25, 0.3) is 0 Å². The Hall–Kier alpha value is -0.210. The highest BCUT2D eigenvalue weighted by Crippen LogP contribution is 2.32. The Balaban J connectivity index is 1.97. The van der Waals surface area contributed by atoms with Gasteiger partial charge in [-0.2, -0.15) is 4.31 Å². The number of hydrogen-bond donors (Lipinski definition) is 0. The first kappa shape index (κ1) is 14.7. The molecule has 3 nitrogen and oxygen atoms in total. The van der Waals surface area contributed by atoms with Crippen molar-refractivity contribution < 1.29 is 8.42 Å². The maximum Gasteiger partial charge on any atom is 0.244 e. The molecule has 1 aromatic heterocycles. The van der Waals surface area contributed by atoms with Gasteiger partial charge < -0.3 is 0 Å². The molecule has 0 N–H and O–H groups in total. The fourth-order valence-electron chi connectivity index (χ4n) is 2.25. The molecule has 106 valence electrons. The molecule has 0 bridgehead atoms. The number of halogens is 2. The van der Waals surface area contributed by atoms with Crippen LogP contribution in [0.4, 0.5) is 0 Å². The number of fused-ring (bicyclic) bond motifs is 1. The van der Waals surface area contributed by atoms with E-state index >= 15 is 0 Å². The predicted octanol–water partition coefficient (Wildman–Crippen LogP) is 4.02. The van der Waals surface area contributed by atoms with E-state index in [-0.39, 0.29) is 0 Å². The average molecular weight is 437 g/mol. The lowest BCUT2D eigenvalue weighted by Crippen LogP contribution is -2.35. The van der Waals surface area contributed by atoms with Crippen LogP contribution < -0.4 is 0 Å². The van der Waals surface area contributed by atoms with Gasteiger partial charge in [-0.05, 0) is 57.6 Å². The zero-order chi connectivity index (χ0) is 14.3. The third-order valence-electron chi connectivity index (χ3n) is 3.28. The summed E-state index contributed by atoms with van der Waals surface area (Å²) in [7, 11) is -3.46. The lowest BCUT2D eigenvalue weighted by atomic mass is 10.1. The molecule has 0 radical (unpaired) electrons. The Labute approximate surface area is 138 Å². The topological polar surface area (TPSA) is 37.4 Å². The van der Waals surface area contributed by atoms with Gasteiger partial charge in [0.1, 0.15) is 0 Å². The van der Waals surface area contributed by atoms with Gasteiger partial charge >= 0.3 is 0 Å². The maximum atomic E-state index is 12.7. The Bertz CT molecular complexity index is 755. The lowest BCUT2D eigenvalue weighted by Gasteiger charge is -2.26. The van der Waals surface area contributed by atoms with Crippen molar-refractivity contribution in [2.75, 3.05) is 6.54 Å². The fourth-order valence-corrected chi connectivity index (χ4v) is 6.27. The van der Waals surface area contributed by atoms with E-state index in [1.165, 1.54) is 4.88 Å². The molecular weight excluding hydrogens is 426 g/mol. The molecule has 3 rings (SSSR count). The molecule has 0 saturated carbocycles. The molecule has 0 unspecified atom stereocenters. The summed E-state index contributed by atoms with van der Waals surface area (Å²) in [6.07, 6.45) is 0.792. The van der Waals surface area contributed by atoms with E-state index < -0.39 is 10.0 Å². The molecular formula is C13H11Br2NO2S2. The number of hydrogen-bond acceptors (Lipinski definition) is 3. The number of nitrogens with zero attached hydrogens (tertiary/aromatic N) is 1. The van der Waals surface area contributed by atoms with Crippen LogP contribution >= 0.6 is 43.2 Å². The van der Waals surface area contributed by atoms with Crippen molar-refractivity contribution >= 4 is 53.2 Å². The lowest BCUT2D eigenvalue weighted by molar-refractivity contribution is 0.394. The molecule has 1 aliphatic rings. The van der Waals surface area contributed by atoms with Gasteiger partial charge in [0.15, 0.2) is 0 Å². The van der Waals surface area contributed by atoms with Crippen molar-refractivity contribution in [1.29, 1.82) is 0 Å². The third kappa shape index (κ3) is 2.62. The molecule has 0 aliphatic carbocycles. The molecule has 1 aliphatic heterocycles. The summed E-state index contributed by atoms with van der Waals surface area (Å²) in [4.78, 5) is 1.62. The zero-order valence-electron chi connectivity index (χ0n) is 10.3. The summed E-state index contributed by atoms with van der Waals surface area (Å²) in [6.45, 7) is 1.00. The van der Waals surface area contributed by atoms with Gasteiger partial charge in [0.2, 0.25) is 10.0 Å². The van der Waals surface area contributed by atoms with Crippen LogP contribution in [-0.2, 0) is 23.0 Å². The number of rotatable bonds is 2. The summed E-state index contributed by atoms with van der Waals surface area (Å²) < 4.78 is 28.5. The highest BCUT2D eigenvalue weighted by Gasteiger charge is 2.30. The fraction of sp³-hybridized carbons (Fsp3) is 0.231. The smallest absolute Gasteiger partial charge is 0.207 e. The summed E-state index contributed by atoms with van der Waals surface area (Å²) in [5.74, 6) is 0. The van der Waals surface area contributed by atoms with E-state index in [1.807, 2.05) is 11.4 Å².